The molecule has 5 nitrogen and oxygen atoms in total. The normalized spacial score (nSPS) is 12.7. The number of alkyl halides is 3. The molecule has 0 spiro atoms. The van der Waals surface area contributed by atoms with Crippen LogP contribution >= 0.6 is 11.8 Å². The van der Waals surface area contributed by atoms with Crippen molar-refractivity contribution in [3.63, 3.8) is 0 Å². The number of carbonyl (C=O) groups excluding carboxylic acids is 1. The minimum atomic E-state index is -4.50. The third-order valence-electron chi connectivity index (χ3n) is 4.32. The fourth-order valence-corrected chi connectivity index (χ4v) is 3.99. The summed E-state index contributed by atoms with van der Waals surface area (Å²) < 4.78 is 38.6. The molecule has 0 aliphatic carbocycles. The Kier molecular flexibility index (Phi) is 6.21. The topological polar surface area (TPSA) is 64.0 Å². The lowest BCUT2D eigenvalue weighted by molar-refractivity contribution is -0.137. The summed E-state index contributed by atoms with van der Waals surface area (Å²) in [6, 6.07) is 12.4. The van der Waals surface area contributed by atoms with E-state index in [4.69, 9.17) is 0 Å². The van der Waals surface area contributed by atoms with Crippen LogP contribution in [0.4, 0.5) is 13.2 Å². The van der Waals surface area contributed by atoms with Crippen LogP contribution in [0.3, 0.4) is 0 Å². The lowest BCUT2D eigenvalue weighted by atomic mass is 10.1. The highest BCUT2D eigenvalue weighted by molar-refractivity contribution is 8.00. The molecular formula is C21H20F3N3O2S. The van der Waals surface area contributed by atoms with E-state index in [9.17, 15) is 22.8 Å². The smallest absolute Gasteiger partial charge is 0.346 e. The highest BCUT2D eigenvalue weighted by atomic mass is 32.2. The molecule has 0 radical (unpaired) electrons. The number of fused-ring (bicyclic) bond motifs is 1. The van der Waals surface area contributed by atoms with Gasteiger partial charge in [0, 0.05) is 0 Å². The summed E-state index contributed by atoms with van der Waals surface area (Å²) in [4.78, 5) is 29.9. The zero-order valence-corrected chi connectivity index (χ0v) is 17.4. The van der Waals surface area contributed by atoms with Gasteiger partial charge in [0.15, 0.2) is 5.16 Å². The Hall–Kier alpha value is -2.81. The molecule has 1 heterocycles. The van der Waals surface area contributed by atoms with Crippen molar-refractivity contribution < 1.29 is 18.0 Å². The third-order valence-corrected chi connectivity index (χ3v) is 5.38. The number of hydrogen-bond donors (Lipinski definition) is 1. The maximum atomic E-state index is 13.2. The standard InChI is InChI=1S/C21H20F3N3O2S/c1-12-8-13(2)10-15(9-12)27-19(29)16-6-4-5-7-17(16)26-20(27)30-14(3)18(28)25-11-21(22,23)24/h4-10,14H,11H2,1-3H3,(H,25,28). The maximum absolute atomic E-state index is 13.2. The molecule has 30 heavy (non-hydrogen) atoms. The molecule has 1 unspecified atom stereocenters. The van der Waals surface area contributed by atoms with Crippen molar-refractivity contribution in [2.45, 2.75) is 37.4 Å². The van der Waals surface area contributed by atoms with E-state index in [0.717, 1.165) is 22.9 Å². The molecule has 2 aromatic carbocycles. The predicted octanol–water partition coefficient (Wildman–Crippen LogP) is 4.16. The number of hydrogen-bond acceptors (Lipinski definition) is 4. The molecule has 0 saturated carbocycles. The molecule has 0 fully saturated rings. The second-order valence-electron chi connectivity index (χ2n) is 6.99. The predicted molar refractivity (Wildman–Crippen MR) is 111 cm³/mol. The number of benzene rings is 2. The quantitative estimate of drug-likeness (QED) is 0.483. The highest BCUT2D eigenvalue weighted by Crippen LogP contribution is 2.26. The van der Waals surface area contributed by atoms with Crippen molar-refractivity contribution in [2.75, 3.05) is 6.54 Å². The van der Waals surface area contributed by atoms with E-state index in [1.807, 2.05) is 37.4 Å². The summed E-state index contributed by atoms with van der Waals surface area (Å²) in [5.41, 5.74) is 2.61. The van der Waals surface area contributed by atoms with E-state index in [1.54, 1.807) is 24.3 Å². The molecule has 3 aromatic rings. The molecule has 1 atom stereocenters. The number of nitrogens with zero attached hydrogens (tertiary/aromatic N) is 2. The van der Waals surface area contributed by atoms with Crippen LogP contribution in [-0.2, 0) is 4.79 Å². The van der Waals surface area contributed by atoms with Crippen LogP contribution in [0.25, 0.3) is 16.6 Å². The molecule has 158 valence electrons. The molecule has 0 saturated heterocycles. The van der Waals surface area contributed by atoms with Crippen LogP contribution in [-0.4, -0.2) is 33.4 Å². The van der Waals surface area contributed by atoms with Crippen LogP contribution < -0.4 is 10.9 Å². The number of carbonyl (C=O) groups is 1. The van der Waals surface area contributed by atoms with Gasteiger partial charge in [-0.1, -0.05) is 30.0 Å². The van der Waals surface area contributed by atoms with E-state index in [2.05, 4.69) is 4.98 Å². The van der Waals surface area contributed by atoms with Crippen molar-refractivity contribution in [3.05, 3.63) is 63.9 Å². The van der Waals surface area contributed by atoms with Gasteiger partial charge in [-0.15, -0.1) is 0 Å². The summed E-state index contributed by atoms with van der Waals surface area (Å²) in [6.45, 7) is 3.86. The van der Waals surface area contributed by atoms with Gasteiger partial charge in [0.05, 0.1) is 21.8 Å². The van der Waals surface area contributed by atoms with E-state index < -0.39 is 23.9 Å². The van der Waals surface area contributed by atoms with Gasteiger partial charge in [-0.3, -0.25) is 14.2 Å². The number of nitrogens with one attached hydrogen (secondary N) is 1. The monoisotopic (exact) mass is 435 g/mol. The number of aryl methyl sites for hydroxylation is 2. The average Bonchev–Trinajstić information content (AvgIpc) is 2.65. The molecule has 0 aliphatic rings. The molecule has 9 heteroatoms. The fourth-order valence-electron chi connectivity index (χ4n) is 3.04. The Labute approximate surface area is 175 Å². The Bertz CT molecular complexity index is 1140. The van der Waals surface area contributed by atoms with E-state index in [-0.39, 0.29) is 10.7 Å². The van der Waals surface area contributed by atoms with Gasteiger partial charge >= 0.3 is 6.18 Å². The van der Waals surface area contributed by atoms with Crippen molar-refractivity contribution in [1.82, 2.24) is 14.9 Å². The number of para-hydroxylation sites is 1. The molecule has 1 amide bonds. The molecule has 1 N–H and O–H groups in total. The summed E-state index contributed by atoms with van der Waals surface area (Å²) in [6.07, 6.45) is -4.50. The molecular weight excluding hydrogens is 415 g/mol. The van der Waals surface area contributed by atoms with Crippen molar-refractivity contribution >= 4 is 28.6 Å². The van der Waals surface area contributed by atoms with Crippen LogP contribution in [0, 0.1) is 13.8 Å². The van der Waals surface area contributed by atoms with Crippen molar-refractivity contribution in [1.29, 1.82) is 0 Å². The van der Waals surface area contributed by atoms with E-state index in [0.29, 0.717) is 16.6 Å². The van der Waals surface area contributed by atoms with Crippen LogP contribution in [0.5, 0.6) is 0 Å². The zero-order valence-electron chi connectivity index (χ0n) is 16.6. The largest absolute Gasteiger partial charge is 0.405 e. The summed E-state index contributed by atoms with van der Waals surface area (Å²) in [5, 5.41) is 1.63. The fraction of sp³-hybridized carbons (Fsp3) is 0.286. The number of rotatable bonds is 5. The summed E-state index contributed by atoms with van der Waals surface area (Å²) in [7, 11) is 0. The second kappa shape index (κ2) is 8.51. The lowest BCUT2D eigenvalue weighted by Crippen LogP contribution is -2.38. The Morgan fingerprint density at radius 3 is 2.43 bits per heavy atom. The van der Waals surface area contributed by atoms with Gasteiger partial charge in [-0.05, 0) is 56.2 Å². The average molecular weight is 435 g/mol. The highest BCUT2D eigenvalue weighted by Gasteiger charge is 2.29. The molecule has 3 rings (SSSR count). The van der Waals surface area contributed by atoms with Crippen molar-refractivity contribution in [2.24, 2.45) is 0 Å². The SMILES string of the molecule is Cc1cc(C)cc(-n2c(SC(C)C(=O)NCC(F)(F)F)nc3ccccc3c2=O)c1. The number of aromatic nitrogens is 2. The van der Waals surface area contributed by atoms with Gasteiger partial charge < -0.3 is 5.32 Å². The number of thioether (sulfide) groups is 1. The molecule has 0 aliphatic heterocycles. The maximum Gasteiger partial charge on any atom is 0.405 e. The van der Waals surface area contributed by atoms with E-state index in [1.165, 1.54) is 11.5 Å². The van der Waals surface area contributed by atoms with Crippen LogP contribution in [0.1, 0.15) is 18.1 Å². The summed E-state index contributed by atoms with van der Waals surface area (Å²) in [5.74, 6) is -0.785. The van der Waals surface area contributed by atoms with Gasteiger partial charge in [0.25, 0.3) is 5.56 Å². The Morgan fingerprint density at radius 2 is 1.80 bits per heavy atom. The van der Waals surface area contributed by atoms with Gasteiger partial charge in [0.1, 0.15) is 6.54 Å². The second-order valence-corrected chi connectivity index (χ2v) is 8.30. The van der Waals surface area contributed by atoms with Gasteiger partial charge in [-0.25, -0.2) is 4.98 Å². The molecule has 1 aromatic heterocycles. The first kappa shape index (κ1) is 21.9. The van der Waals surface area contributed by atoms with E-state index >= 15 is 0 Å². The Balaban J connectivity index is 2.07. The Morgan fingerprint density at radius 1 is 1.17 bits per heavy atom. The zero-order chi connectivity index (χ0) is 22.1. The van der Waals surface area contributed by atoms with Crippen LogP contribution in [0.2, 0.25) is 0 Å². The minimum absolute atomic E-state index is 0.235. The molecule has 0 bridgehead atoms. The first-order valence-corrected chi connectivity index (χ1v) is 10.0. The minimum Gasteiger partial charge on any atom is -0.346 e. The van der Waals surface area contributed by atoms with Crippen molar-refractivity contribution in [3.8, 4) is 5.69 Å². The van der Waals surface area contributed by atoms with Gasteiger partial charge in [0.2, 0.25) is 5.91 Å². The first-order chi connectivity index (χ1) is 14.0. The number of halogens is 3. The van der Waals surface area contributed by atoms with Gasteiger partial charge in [-0.2, -0.15) is 13.2 Å². The summed E-state index contributed by atoms with van der Waals surface area (Å²) >= 11 is 0.937. The third kappa shape index (κ3) is 5.02. The number of amides is 1. The van der Waals surface area contributed by atoms with Crippen LogP contribution in [0.15, 0.2) is 52.4 Å². The lowest BCUT2D eigenvalue weighted by Gasteiger charge is -2.17. The first-order valence-electron chi connectivity index (χ1n) is 9.17.